The van der Waals surface area contributed by atoms with E-state index in [4.69, 9.17) is 14.2 Å². The predicted molar refractivity (Wildman–Crippen MR) is 188 cm³/mol. The average Bonchev–Trinajstić information content (AvgIpc) is 3.34. The van der Waals surface area contributed by atoms with Crippen LogP contribution >= 0.6 is 0 Å². The van der Waals surface area contributed by atoms with Gasteiger partial charge in [-0.25, -0.2) is 19.2 Å². The second-order valence-electron chi connectivity index (χ2n) is 14.3. The maximum atomic E-state index is 13.4. The lowest BCUT2D eigenvalue weighted by atomic mass is 9.98. The highest BCUT2D eigenvalue weighted by Gasteiger charge is 2.31. The van der Waals surface area contributed by atoms with Crippen LogP contribution in [0.25, 0.3) is 11.1 Å². The number of carboxylic acids is 1. The number of hydrogen-bond donors (Lipinski definition) is 5. The highest BCUT2D eigenvalue weighted by molar-refractivity contribution is 5.89. The SMILES string of the molecule is CC(C)(C)OC(=O)NCCCCC(NC(=O)C(CCCCNC(=O)OC(C)(C)C)NC(=O)OCC1c2ccccc2-c2ccccc21)C(=O)O. The Balaban J connectivity index is 1.58. The molecule has 13 nitrogen and oxygen atoms in total. The smallest absolute Gasteiger partial charge is 0.407 e. The molecule has 0 saturated carbocycles. The summed E-state index contributed by atoms with van der Waals surface area (Å²) in [5.74, 6) is -2.07. The lowest BCUT2D eigenvalue weighted by Crippen LogP contribution is -2.51. The number of nitrogens with one attached hydrogen (secondary N) is 4. The zero-order valence-electron chi connectivity index (χ0n) is 29.9. The Bertz CT molecular complexity index is 1440. The molecule has 5 N–H and O–H groups in total. The van der Waals surface area contributed by atoms with Gasteiger partial charge in [0.25, 0.3) is 0 Å². The van der Waals surface area contributed by atoms with E-state index in [-0.39, 0.29) is 38.5 Å². The van der Waals surface area contributed by atoms with Crippen molar-refractivity contribution in [1.29, 1.82) is 0 Å². The third-order valence-electron chi connectivity index (χ3n) is 7.74. The number of fused-ring (bicyclic) bond motifs is 3. The van der Waals surface area contributed by atoms with Crippen LogP contribution in [0, 0.1) is 0 Å². The van der Waals surface area contributed by atoms with E-state index in [1.807, 2.05) is 48.5 Å². The van der Waals surface area contributed by atoms with Crippen LogP contribution in [0.3, 0.4) is 0 Å². The molecule has 2 unspecified atom stereocenters. The van der Waals surface area contributed by atoms with Gasteiger partial charge < -0.3 is 40.6 Å². The zero-order chi connectivity index (χ0) is 36.9. The fourth-order valence-electron chi connectivity index (χ4n) is 5.54. The van der Waals surface area contributed by atoms with Gasteiger partial charge in [-0.2, -0.15) is 0 Å². The second kappa shape index (κ2) is 18.3. The van der Waals surface area contributed by atoms with Crippen LogP contribution in [-0.4, -0.2) is 78.2 Å². The first kappa shape index (κ1) is 39.6. The monoisotopic (exact) mass is 696 g/mol. The molecule has 0 radical (unpaired) electrons. The van der Waals surface area contributed by atoms with E-state index < -0.39 is 53.4 Å². The summed E-state index contributed by atoms with van der Waals surface area (Å²) in [7, 11) is 0. The third-order valence-corrected chi connectivity index (χ3v) is 7.74. The van der Waals surface area contributed by atoms with Crippen molar-refractivity contribution in [3.63, 3.8) is 0 Å². The van der Waals surface area contributed by atoms with E-state index in [9.17, 15) is 29.1 Å². The molecular formula is C37H52N4O9. The first-order valence-electron chi connectivity index (χ1n) is 17.1. The Kier molecular flexibility index (Phi) is 14.5. The molecule has 0 fully saturated rings. The first-order valence-corrected chi connectivity index (χ1v) is 17.1. The second-order valence-corrected chi connectivity index (χ2v) is 14.3. The standard InChI is InChI=1S/C37H52N4O9/c1-36(2,3)49-33(45)38-21-13-11-19-29(31(42)40-30(32(43)44)20-12-14-22-39-34(46)50-37(4,5)6)41-35(47)48-23-28-26-17-9-7-15-24(26)25-16-8-10-18-27(25)28/h7-10,15-18,28-30H,11-14,19-23H2,1-6H3,(H,38,45)(H,39,46)(H,40,42)(H,41,47)(H,43,44). The normalized spacial score (nSPS) is 13.6. The number of carboxylic acid groups (broad SMARTS) is 1. The van der Waals surface area contributed by atoms with Gasteiger partial charge in [-0.15, -0.1) is 0 Å². The van der Waals surface area contributed by atoms with Crippen LogP contribution in [0.15, 0.2) is 48.5 Å². The van der Waals surface area contributed by atoms with Crippen LogP contribution in [0.4, 0.5) is 14.4 Å². The van der Waals surface area contributed by atoms with Gasteiger partial charge in [0.2, 0.25) is 5.91 Å². The van der Waals surface area contributed by atoms with E-state index in [0.717, 1.165) is 22.3 Å². The summed E-state index contributed by atoms with van der Waals surface area (Å²) >= 11 is 0. The van der Waals surface area contributed by atoms with Crippen molar-refractivity contribution in [2.45, 2.75) is 109 Å². The van der Waals surface area contributed by atoms with Crippen LogP contribution in [-0.2, 0) is 23.8 Å². The maximum absolute atomic E-state index is 13.4. The molecule has 0 aromatic heterocycles. The summed E-state index contributed by atoms with van der Waals surface area (Å²) in [5.41, 5.74) is 2.96. The highest BCUT2D eigenvalue weighted by atomic mass is 16.6. The van der Waals surface area contributed by atoms with Crippen molar-refractivity contribution < 1.29 is 43.3 Å². The summed E-state index contributed by atoms with van der Waals surface area (Å²) < 4.78 is 16.1. The third kappa shape index (κ3) is 13.2. The van der Waals surface area contributed by atoms with E-state index in [2.05, 4.69) is 21.3 Å². The van der Waals surface area contributed by atoms with E-state index in [1.54, 1.807) is 41.5 Å². The quantitative estimate of drug-likeness (QED) is 0.106. The molecule has 0 spiro atoms. The minimum atomic E-state index is -1.22. The molecule has 13 heteroatoms. The van der Waals surface area contributed by atoms with Crippen molar-refractivity contribution in [3.8, 4) is 11.1 Å². The largest absolute Gasteiger partial charge is 0.480 e. The number of alkyl carbamates (subject to hydrolysis) is 3. The molecule has 274 valence electrons. The molecule has 0 aliphatic heterocycles. The zero-order valence-corrected chi connectivity index (χ0v) is 29.9. The summed E-state index contributed by atoms with van der Waals surface area (Å²) in [6.07, 6.45) is 0.0942. The summed E-state index contributed by atoms with van der Waals surface area (Å²) in [5, 5.41) is 20.3. The van der Waals surface area contributed by atoms with Gasteiger partial charge in [-0.3, -0.25) is 4.79 Å². The van der Waals surface area contributed by atoms with Crippen molar-refractivity contribution in [2.75, 3.05) is 19.7 Å². The number of carbonyl (C=O) groups excluding carboxylic acids is 4. The highest BCUT2D eigenvalue weighted by Crippen LogP contribution is 2.44. The Labute approximate surface area is 294 Å². The van der Waals surface area contributed by atoms with Gasteiger partial charge in [-0.1, -0.05) is 48.5 Å². The van der Waals surface area contributed by atoms with Gasteiger partial charge in [0.15, 0.2) is 0 Å². The fourth-order valence-corrected chi connectivity index (χ4v) is 5.54. The molecule has 3 rings (SSSR count). The van der Waals surface area contributed by atoms with Crippen molar-refractivity contribution >= 4 is 30.2 Å². The van der Waals surface area contributed by atoms with Crippen LogP contribution in [0.1, 0.15) is 97.1 Å². The molecule has 0 saturated heterocycles. The summed E-state index contributed by atoms with van der Waals surface area (Å²) in [6.45, 7) is 11.1. The number of ether oxygens (including phenoxy) is 3. The van der Waals surface area contributed by atoms with Gasteiger partial charge >= 0.3 is 24.2 Å². The molecule has 0 bridgehead atoms. The van der Waals surface area contributed by atoms with Crippen LogP contribution < -0.4 is 21.3 Å². The first-order chi connectivity index (χ1) is 23.5. The lowest BCUT2D eigenvalue weighted by molar-refractivity contribution is -0.142. The number of carbonyl (C=O) groups is 5. The Hall–Kier alpha value is -4.81. The number of benzene rings is 2. The Morgan fingerprint density at radius 1 is 0.660 bits per heavy atom. The molecule has 2 aromatic carbocycles. The number of aliphatic carboxylic acids is 1. The van der Waals surface area contributed by atoms with Crippen molar-refractivity contribution in [2.24, 2.45) is 0 Å². The van der Waals surface area contributed by atoms with Gasteiger partial charge in [0, 0.05) is 19.0 Å². The number of rotatable bonds is 16. The topological polar surface area (TPSA) is 181 Å². The summed E-state index contributed by atoms with van der Waals surface area (Å²) in [6, 6.07) is 13.5. The van der Waals surface area contributed by atoms with Gasteiger partial charge in [0.1, 0.15) is 29.9 Å². The molecule has 2 aromatic rings. The molecule has 1 aliphatic rings. The summed E-state index contributed by atoms with van der Waals surface area (Å²) in [4.78, 5) is 62.4. The van der Waals surface area contributed by atoms with E-state index in [0.29, 0.717) is 25.7 Å². The average molecular weight is 697 g/mol. The van der Waals surface area contributed by atoms with Gasteiger partial charge in [0.05, 0.1) is 0 Å². The molecular weight excluding hydrogens is 644 g/mol. The van der Waals surface area contributed by atoms with E-state index in [1.165, 1.54) is 0 Å². The molecule has 1 aliphatic carbocycles. The molecule has 0 heterocycles. The van der Waals surface area contributed by atoms with Crippen LogP contribution in [0.5, 0.6) is 0 Å². The van der Waals surface area contributed by atoms with Crippen molar-refractivity contribution in [1.82, 2.24) is 21.3 Å². The number of amides is 4. The molecule has 2 atom stereocenters. The number of hydrogen-bond acceptors (Lipinski definition) is 8. The fraction of sp³-hybridized carbons (Fsp3) is 0.541. The molecule has 4 amide bonds. The lowest BCUT2D eigenvalue weighted by Gasteiger charge is -2.22. The van der Waals surface area contributed by atoms with Gasteiger partial charge in [-0.05, 0) is 102 Å². The van der Waals surface area contributed by atoms with E-state index >= 15 is 0 Å². The Morgan fingerprint density at radius 3 is 1.58 bits per heavy atom. The minimum absolute atomic E-state index is 0.0447. The van der Waals surface area contributed by atoms with Crippen LogP contribution in [0.2, 0.25) is 0 Å². The molecule has 50 heavy (non-hydrogen) atoms. The maximum Gasteiger partial charge on any atom is 0.407 e. The Morgan fingerprint density at radius 2 is 1.12 bits per heavy atom. The predicted octanol–water partition coefficient (Wildman–Crippen LogP) is 5.85. The minimum Gasteiger partial charge on any atom is -0.480 e. The van der Waals surface area contributed by atoms with Crippen molar-refractivity contribution in [3.05, 3.63) is 59.7 Å². The number of unbranched alkanes of at least 4 members (excludes halogenated alkanes) is 2.